The predicted molar refractivity (Wildman–Crippen MR) is 151 cm³/mol. The van der Waals surface area contributed by atoms with E-state index < -0.39 is 5.25 Å². The summed E-state index contributed by atoms with van der Waals surface area (Å²) in [6.45, 7) is 6.46. The molecule has 38 heavy (non-hydrogen) atoms. The second-order valence-corrected chi connectivity index (χ2v) is 10.3. The molecule has 2 aromatic carbocycles. The predicted octanol–water partition coefficient (Wildman–Crippen LogP) is 5.14. The molecule has 1 unspecified atom stereocenters. The first-order chi connectivity index (χ1) is 18.3. The first-order valence-electron chi connectivity index (χ1n) is 12.1. The van der Waals surface area contributed by atoms with Gasteiger partial charge in [0.25, 0.3) is 0 Å². The van der Waals surface area contributed by atoms with Crippen molar-refractivity contribution in [3.63, 3.8) is 0 Å². The minimum Gasteiger partial charge on any atom is -0.397 e. The average Bonchev–Trinajstić information content (AvgIpc) is 3.53. The topological polar surface area (TPSA) is 123 Å². The van der Waals surface area contributed by atoms with Gasteiger partial charge in [0.1, 0.15) is 16.9 Å². The highest BCUT2D eigenvalue weighted by atomic mass is 32.2. The van der Waals surface area contributed by atoms with Crippen LogP contribution in [0, 0.1) is 12.7 Å². The maximum atomic E-state index is 13.3. The van der Waals surface area contributed by atoms with Crippen molar-refractivity contribution in [1.82, 2.24) is 19.5 Å². The van der Waals surface area contributed by atoms with Gasteiger partial charge < -0.3 is 20.9 Å². The first kappa shape index (κ1) is 25.4. The summed E-state index contributed by atoms with van der Waals surface area (Å²) in [6, 6.07) is 13.6. The summed E-state index contributed by atoms with van der Waals surface area (Å²) in [4.78, 5) is 30.9. The van der Waals surface area contributed by atoms with Crippen molar-refractivity contribution in [2.45, 2.75) is 32.1 Å². The molecule has 0 aliphatic carbocycles. The molecular formula is C27H27FN8OS. The number of aliphatic imine (C=N–C) groups is 1. The Morgan fingerprint density at radius 3 is 2.66 bits per heavy atom. The van der Waals surface area contributed by atoms with Crippen LogP contribution in [0.1, 0.15) is 25.7 Å². The number of rotatable bonds is 6. The summed E-state index contributed by atoms with van der Waals surface area (Å²) in [7, 11) is 0. The molecule has 194 valence electrons. The first-order valence-corrected chi connectivity index (χ1v) is 13.0. The number of nitrogens with one attached hydrogen (secondary N) is 2. The third-order valence-electron chi connectivity index (χ3n) is 6.07. The van der Waals surface area contributed by atoms with Crippen molar-refractivity contribution in [1.29, 1.82) is 0 Å². The number of amides is 1. The van der Waals surface area contributed by atoms with E-state index >= 15 is 0 Å². The van der Waals surface area contributed by atoms with E-state index in [9.17, 15) is 9.18 Å². The second-order valence-electron chi connectivity index (χ2n) is 9.10. The molecule has 11 heteroatoms. The number of nitrogen functional groups attached to an aromatic ring is 1. The van der Waals surface area contributed by atoms with Gasteiger partial charge in [-0.2, -0.15) is 0 Å². The van der Waals surface area contributed by atoms with E-state index in [1.165, 1.54) is 23.9 Å². The number of nitrogens with zero attached hydrogens (tertiary/aromatic N) is 5. The van der Waals surface area contributed by atoms with Crippen molar-refractivity contribution < 1.29 is 9.18 Å². The lowest BCUT2D eigenvalue weighted by atomic mass is 10.0. The van der Waals surface area contributed by atoms with Gasteiger partial charge in [-0.15, -0.1) is 0 Å². The summed E-state index contributed by atoms with van der Waals surface area (Å²) in [5.74, 6) is 0.774. The molecule has 1 atom stereocenters. The molecule has 2 aromatic heterocycles. The Labute approximate surface area is 223 Å². The maximum Gasteiger partial charge on any atom is 0.239 e. The minimum atomic E-state index is -0.445. The number of carbonyl (C=O) groups is 1. The van der Waals surface area contributed by atoms with Crippen LogP contribution < -0.4 is 16.4 Å². The SMILES string of the molecule is Cc1ncc(-c2ccnc(NC3=NCC(C(=O)Nc4cc(-c5ccc(F)cc5)ccc4N)S3)n2)n1C(C)C. The number of halogens is 1. The van der Waals surface area contributed by atoms with Gasteiger partial charge >= 0.3 is 0 Å². The van der Waals surface area contributed by atoms with Gasteiger partial charge in [0.15, 0.2) is 5.17 Å². The van der Waals surface area contributed by atoms with Crippen LogP contribution in [0.2, 0.25) is 0 Å². The smallest absolute Gasteiger partial charge is 0.239 e. The molecule has 0 spiro atoms. The van der Waals surface area contributed by atoms with Crippen LogP contribution in [0.3, 0.4) is 0 Å². The number of carbonyl (C=O) groups excluding carboxylic acids is 1. The highest BCUT2D eigenvalue weighted by Gasteiger charge is 2.28. The van der Waals surface area contributed by atoms with Crippen LogP contribution in [0.5, 0.6) is 0 Å². The fraction of sp³-hybridized carbons (Fsp3) is 0.222. The molecule has 0 fully saturated rings. The van der Waals surface area contributed by atoms with E-state index in [-0.39, 0.29) is 17.8 Å². The molecular weight excluding hydrogens is 503 g/mol. The van der Waals surface area contributed by atoms with E-state index in [0.29, 0.717) is 29.0 Å². The molecule has 3 heterocycles. The van der Waals surface area contributed by atoms with E-state index in [2.05, 4.69) is 49.0 Å². The third-order valence-corrected chi connectivity index (χ3v) is 7.17. The van der Waals surface area contributed by atoms with E-state index in [1.807, 2.05) is 19.1 Å². The van der Waals surface area contributed by atoms with Gasteiger partial charge in [-0.1, -0.05) is 30.0 Å². The summed E-state index contributed by atoms with van der Waals surface area (Å²) < 4.78 is 15.4. The molecule has 4 aromatic rings. The van der Waals surface area contributed by atoms with Gasteiger partial charge in [-0.25, -0.2) is 19.3 Å². The minimum absolute atomic E-state index is 0.218. The Morgan fingerprint density at radius 2 is 1.89 bits per heavy atom. The fourth-order valence-corrected chi connectivity index (χ4v) is 5.12. The Hall–Kier alpha value is -4.25. The number of imidazole rings is 1. The lowest BCUT2D eigenvalue weighted by Crippen LogP contribution is -2.26. The quantitative estimate of drug-likeness (QED) is 0.295. The van der Waals surface area contributed by atoms with Gasteiger partial charge in [0.2, 0.25) is 11.9 Å². The molecule has 0 radical (unpaired) electrons. The number of hydrogen-bond acceptors (Lipinski definition) is 8. The van der Waals surface area contributed by atoms with Gasteiger partial charge in [0, 0.05) is 12.2 Å². The number of thioether (sulfide) groups is 1. The molecule has 1 aliphatic heterocycles. The van der Waals surface area contributed by atoms with E-state index in [4.69, 9.17) is 5.73 Å². The van der Waals surface area contributed by atoms with Crippen molar-refractivity contribution in [3.05, 3.63) is 72.6 Å². The zero-order valence-electron chi connectivity index (χ0n) is 21.1. The third kappa shape index (κ3) is 5.37. The number of amidine groups is 1. The zero-order valence-corrected chi connectivity index (χ0v) is 22.0. The average molecular weight is 531 g/mol. The fourth-order valence-electron chi connectivity index (χ4n) is 4.23. The molecule has 0 saturated carbocycles. The molecule has 9 nitrogen and oxygen atoms in total. The Kier molecular flexibility index (Phi) is 7.10. The molecule has 1 aliphatic rings. The maximum absolute atomic E-state index is 13.3. The molecule has 5 rings (SSSR count). The number of nitrogens with two attached hydrogens (primary N) is 1. The highest BCUT2D eigenvalue weighted by molar-refractivity contribution is 8.15. The Bertz CT molecular complexity index is 1520. The van der Waals surface area contributed by atoms with Gasteiger partial charge in [-0.3, -0.25) is 9.79 Å². The molecule has 0 bridgehead atoms. The second kappa shape index (κ2) is 10.6. The van der Waals surface area contributed by atoms with Crippen molar-refractivity contribution in [2.24, 2.45) is 4.99 Å². The molecule has 4 N–H and O–H groups in total. The standard InChI is InChI=1S/C27H27FN8OS/c1-15(2)36-16(3)31-13-23(36)21-10-11-30-26(34-21)35-27-32-14-24(38-27)25(37)33-22-12-18(6-9-20(22)29)17-4-7-19(28)8-5-17/h4-13,15,24H,14,29H2,1-3H3,(H,33,37)(H,30,32,34,35). The highest BCUT2D eigenvalue weighted by Crippen LogP contribution is 2.30. The van der Waals surface area contributed by atoms with Gasteiger partial charge in [-0.05, 0) is 62.2 Å². The number of aryl methyl sites for hydroxylation is 1. The van der Waals surface area contributed by atoms with Crippen LogP contribution >= 0.6 is 11.8 Å². The lowest BCUT2D eigenvalue weighted by Gasteiger charge is -2.14. The Balaban J connectivity index is 1.24. The number of hydrogen-bond donors (Lipinski definition) is 3. The lowest BCUT2D eigenvalue weighted by molar-refractivity contribution is -0.115. The van der Waals surface area contributed by atoms with Crippen LogP contribution in [-0.4, -0.2) is 42.4 Å². The van der Waals surface area contributed by atoms with Crippen LogP contribution in [-0.2, 0) is 4.79 Å². The summed E-state index contributed by atoms with van der Waals surface area (Å²) in [6.07, 6.45) is 3.49. The van der Waals surface area contributed by atoms with E-state index in [1.54, 1.807) is 36.7 Å². The number of anilines is 3. The van der Waals surface area contributed by atoms with Crippen LogP contribution in [0.15, 0.2) is 65.9 Å². The van der Waals surface area contributed by atoms with Crippen molar-refractivity contribution in [2.75, 3.05) is 22.9 Å². The van der Waals surface area contributed by atoms with Crippen molar-refractivity contribution >= 4 is 40.2 Å². The summed E-state index contributed by atoms with van der Waals surface area (Å²) >= 11 is 1.30. The summed E-state index contributed by atoms with van der Waals surface area (Å²) in [5.41, 5.74) is 10.3. The van der Waals surface area contributed by atoms with Crippen LogP contribution in [0.4, 0.5) is 21.7 Å². The zero-order chi connectivity index (χ0) is 26.8. The number of benzene rings is 2. The van der Waals surface area contributed by atoms with Crippen molar-refractivity contribution in [3.8, 4) is 22.5 Å². The molecule has 1 amide bonds. The van der Waals surface area contributed by atoms with Gasteiger partial charge in [0.05, 0.1) is 35.5 Å². The molecule has 0 saturated heterocycles. The largest absolute Gasteiger partial charge is 0.397 e. The number of aromatic nitrogens is 4. The van der Waals surface area contributed by atoms with Crippen LogP contribution in [0.25, 0.3) is 22.5 Å². The normalized spacial score (nSPS) is 15.0. The summed E-state index contributed by atoms with van der Waals surface area (Å²) in [5, 5.41) is 6.15. The van der Waals surface area contributed by atoms with E-state index in [0.717, 1.165) is 28.3 Å². The monoisotopic (exact) mass is 530 g/mol. The Morgan fingerprint density at radius 1 is 1.13 bits per heavy atom.